The fourth-order valence-corrected chi connectivity index (χ4v) is 5.31. The Labute approximate surface area is 195 Å². The lowest BCUT2D eigenvalue weighted by Gasteiger charge is -2.49. The van der Waals surface area contributed by atoms with Gasteiger partial charge in [0, 0.05) is 44.3 Å². The molecule has 0 unspecified atom stereocenters. The lowest BCUT2D eigenvalue weighted by molar-refractivity contribution is -0.123. The van der Waals surface area contributed by atoms with Crippen LogP contribution in [0.3, 0.4) is 0 Å². The number of carbonyl (C=O) groups excluding carboxylic acids is 1. The van der Waals surface area contributed by atoms with Gasteiger partial charge in [0.25, 0.3) is 0 Å². The van der Waals surface area contributed by atoms with Gasteiger partial charge in [0.1, 0.15) is 0 Å². The Morgan fingerprint density at radius 3 is 2.22 bits per heavy atom. The molecular weight excluding hydrogens is 402 g/mol. The molecule has 8 nitrogen and oxygen atoms in total. The SMILES string of the molecule is CCNC(=NCC1(N2CCCCC2)CCN(C)CC1)N1CCN(CC(=O)NC(C)C)CC1. The molecule has 0 atom stereocenters. The highest BCUT2D eigenvalue weighted by Crippen LogP contribution is 2.31. The number of likely N-dealkylation sites (tertiary alicyclic amines) is 2. The summed E-state index contributed by atoms with van der Waals surface area (Å²) in [6.07, 6.45) is 6.45. The maximum atomic E-state index is 12.1. The highest BCUT2D eigenvalue weighted by Gasteiger charge is 2.39. The van der Waals surface area contributed by atoms with Crippen LogP contribution in [0.25, 0.3) is 0 Å². The van der Waals surface area contributed by atoms with Gasteiger partial charge in [0.05, 0.1) is 13.1 Å². The molecule has 3 aliphatic rings. The van der Waals surface area contributed by atoms with Crippen LogP contribution in [0.2, 0.25) is 0 Å². The fourth-order valence-electron chi connectivity index (χ4n) is 5.31. The van der Waals surface area contributed by atoms with Crippen LogP contribution in [0.1, 0.15) is 52.9 Å². The third kappa shape index (κ3) is 7.06. The van der Waals surface area contributed by atoms with Crippen LogP contribution >= 0.6 is 0 Å². The molecule has 0 aromatic rings. The van der Waals surface area contributed by atoms with Crippen molar-refractivity contribution in [2.24, 2.45) is 4.99 Å². The summed E-state index contributed by atoms with van der Waals surface area (Å²) in [6.45, 7) is 16.9. The number of piperazine rings is 1. The molecule has 0 bridgehead atoms. The molecule has 0 saturated carbocycles. The van der Waals surface area contributed by atoms with Gasteiger partial charge in [-0.15, -0.1) is 0 Å². The summed E-state index contributed by atoms with van der Waals surface area (Å²) in [4.78, 5) is 27.2. The third-order valence-electron chi connectivity index (χ3n) is 7.29. The first kappa shape index (κ1) is 25.2. The van der Waals surface area contributed by atoms with Crippen molar-refractivity contribution in [1.29, 1.82) is 0 Å². The quantitative estimate of drug-likeness (QED) is 0.447. The molecule has 8 heteroatoms. The highest BCUT2D eigenvalue weighted by atomic mass is 16.2. The maximum Gasteiger partial charge on any atom is 0.234 e. The fraction of sp³-hybridized carbons (Fsp3) is 0.917. The number of hydrogen-bond acceptors (Lipinski definition) is 5. The number of hydrogen-bond donors (Lipinski definition) is 2. The number of nitrogens with zero attached hydrogens (tertiary/aromatic N) is 5. The van der Waals surface area contributed by atoms with Gasteiger partial charge in [-0.05, 0) is 79.7 Å². The highest BCUT2D eigenvalue weighted by molar-refractivity contribution is 5.80. The number of rotatable bonds is 7. The van der Waals surface area contributed by atoms with Crippen LogP contribution in [0.4, 0.5) is 0 Å². The third-order valence-corrected chi connectivity index (χ3v) is 7.29. The van der Waals surface area contributed by atoms with Crippen LogP contribution in [-0.2, 0) is 4.79 Å². The van der Waals surface area contributed by atoms with E-state index in [-0.39, 0.29) is 17.5 Å². The van der Waals surface area contributed by atoms with Crippen molar-refractivity contribution in [3.8, 4) is 0 Å². The maximum absolute atomic E-state index is 12.1. The number of carbonyl (C=O) groups is 1. The minimum absolute atomic E-state index is 0.125. The van der Waals surface area contributed by atoms with Crippen molar-refractivity contribution in [2.45, 2.75) is 64.5 Å². The van der Waals surface area contributed by atoms with Gasteiger partial charge in [0.15, 0.2) is 5.96 Å². The molecular formula is C24H47N7O. The topological polar surface area (TPSA) is 66.5 Å². The smallest absolute Gasteiger partial charge is 0.234 e. The van der Waals surface area contributed by atoms with Crippen molar-refractivity contribution in [2.75, 3.05) is 79.0 Å². The van der Waals surface area contributed by atoms with E-state index in [2.05, 4.69) is 44.2 Å². The molecule has 3 heterocycles. The monoisotopic (exact) mass is 449 g/mol. The summed E-state index contributed by atoms with van der Waals surface area (Å²) in [5.74, 6) is 1.17. The Morgan fingerprint density at radius 2 is 1.62 bits per heavy atom. The lowest BCUT2D eigenvalue weighted by Crippen LogP contribution is -2.59. The van der Waals surface area contributed by atoms with Gasteiger partial charge in [-0.25, -0.2) is 0 Å². The van der Waals surface area contributed by atoms with Crippen molar-refractivity contribution in [3.63, 3.8) is 0 Å². The van der Waals surface area contributed by atoms with Gasteiger partial charge >= 0.3 is 0 Å². The molecule has 0 aromatic heterocycles. The largest absolute Gasteiger partial charge is 0.357 e. The second-order valence-corrected chi connectivity index (χ2v) is 10.2. The van der Waals surface area contributed by atoms with Crippen molar-refractivity contribution in [1.82, 2.24) is 30.2 Å². The summed E-state index contributed by atoms with van der Waals surface area (Å²) in [7, 11) is 2.24. The zero-order valence-corrected chi connectivity index (χ0v) is 21.0. The van der Waals surface area contributed by atoms with Gasteiger partial charge in [0.2, 0.25) is 5.91 Å². The average Bonchev–Trinajstić information content (AvgIpc) is 2.78. The van der Waals surface area contributed by atoms with Crippen LogP contribution in [0, 0.1) is 0 Å². The number of piperidine rings is 2. The number of amides is 1. The first-order valence-electron chi connectivity index (χ1n) is 12.9. The van der Waals surface area contributed by atoms with Gasteiger partial charge < -0.3 is 20.4 Å². The van der Waals surface area contributed by atoms with Crippen LogP contribution in [0.15, 0.2) is 4.99 Å². The summed E-state index contributed by atoms with van der Waals surface area (Å²) in [5.41, 5.74) is 0.213. The van der Waals surface area contributed by atoms with Crippen molar-refractivity contribution in [3.05, 3.63) is 0 Å². The Morgan fingerprint density at radius 1 is 0.969 bits per heavy atom. The normalized spacial score (nSPS) is 24.0. The number of guanidine groups is 1. The summed E-state index contributed by atoms with van der Waals surface area (Å²) < 4.78 is 0. The van der Waals surface area contributed by atoms with E-state index >= 15 is 0 Å². The Hall–Kier alpha value is -1.38. The van der Waals surface area contributed by atoms with E-state index in [4.69, 9.17) is 4.99 Å². The molecule has 3 saturated heterocycles. The Balaban J connectivity index is 1.61. The van der Waals surface area contributed by atoms with E-state index < -0.39 is 0 Å². The van der Waals surface area contributed by atoms with E-state index in [1.807, 2.05) is 13.8 Å². The van der Waals surface area contributed by atoms with Crippen molar-refractivity contribution >= 4 is 11.9 Å². The van der Waals surface area contributed by atoms with Gasteiger partial charge in [-0.3, -0.25) is 19.6 Å². The predicted octanol–water partition coefficient (Wildman–Crippen LogP) is 1.04. The van der Waals surface area contributed by atoms with E-state index in [1.165, 1.54) is 58.3 Å². The van der Waals surface area contributed by atoms with E-state index in [0.29, 0.717) is 6.54 Å². The first-order chi connectivity index (χ1) is 15.4. The molecule has 3 fully saturated rings. The molecule has 0 aliphatic carbocycles. The van der Waals surface area contributed by atoms with Crippen molar-refractivity contribution < 1.29 is 4.79 Å². The molecule has 32 heavy (non-hydrogen) atoms. The summed E-state index contributed by atoms with van der Waals surface area (Å²) in [6, 6.07) is 0.197. The molecule has 184 valence electrons. The molecule has 3 aliphatic heterocycles. The Kier molecular flexibility index (Phi) is 9.61. The predicted molar refractivity (Wildman–Crippen MR) is 132 cm³/mol. The van der Waals surface area contributed by atoms with Crippen LogP contribution < -0.4 is 10.6 Å². The lowest BCUT2D eigenvalue weighted by atomic mass is 9.84. The molecule has 2 N–H and O–H groups in total. The second-order valence-electron chi connectivity index (χ2n) is 10.2. The van der Waals surface area contributed by atoms with E-state index in [9.17, 15) is 4.79 Å². The molecule has 0 spiro atoms. The zero-order chi connectivity index (χ0) is 23.0. The Bertz CT molecular complexity index is 601. The number of nitrogens with one attached hydrogen (secondary N) is 2. The van der Waals surface area contributed by atoms with Crippen LogP contribution in [0.5, 0.6) is 0 Å². The summed E-state index contributed by atoms with van der Waals surface area (Å²) in [5, 5.41) is 6.55. The summed E-state index contributed by atoms with van der Waals surface area (Å²) >= 11 is 0. The molecule has 0 radical (unpaired) electrons. The second kappa shape index (κ2) is 12.2. The standard InChI is InChI=1S/C24H47N7O/c1-5-25-23(30-17-15-29(16-18-30)19-22(32)27-21(2)3)26-20-24(9-13-28(4)14-10-24)31-11-7-6-8-12-31/h21H,5-20H2,1-4H3,(H,25,26)(H,27,32). The molecule has 1 amide bonds. The molecule has 0 aromatic carbocycles. The molecule has 3 rings (SSSR count). The zero-order valence-electron chi connectivity index (χ0n) is 21.0. The van der Waals surface area contributed by atoms with Gasteiger partial charge in [-0.2, -0.15) is 0 Å². The van der Waals surface area contributed by atoms with E-state index in [1.54, 1.807) is 0 Å². The number of aliphatic imine (C=N–C) groups is 1. The van der Waals surface area contributed by atoms with E-state index in [0.717, 1.165) is 45.2 Å². The minimum atomic E-state index is 0.125. The first-order valence-corrected chi connectivity index (χ1v) is 12.9. The van der Waals surface area contributed by atoms with Crippen LogP contribution in [-0.4, -0.2) is 122 Å². The minimum Gasteiger partial charge on any atom is -0.357 e. The van der Waals surface area contributed by atoms with Gasteiger partial charge in [-0.1, -0.05) is 6.42 Å². The average molecular weight is 450 g/mol.